The lowest BCUT2D eigenvalue weighted by Crippen LogP contribution is -2.51. The van der Waals surface area contributed by atoms with E-state index in [1.807, 2.05) is 0 Å². The molecule has 0 radical (unpaired) electrons. The van der Waals surface area contributed by atoms with Crippen LogP contribution in [0, 0.1) is 5.92 Å². The molecule has 2 atom stereocenters. The highest BCUT2D eigenvalue weighted by Crippen LogP contribution is 2.32. The van der Waals surface area contributed by atoms with E-state index < -0.39 is 0 Å². The summed E-state index contributed by atoms with van der Waals surface area (Å²) in [5.41, 5.74) is 5.91. The first-order chi connectivity index (χ1) is 6.74. The fourth-order valence-electron chi connectivity index (χ4n) is 2.53. The molecule has 1 saturated carbocycles. The predicted octanol–water partition coefficient (Wildman–Crippen LogP) is 2.23. The monoisotopic (exact) mass is 198 g/mol. The molecule has 14 heavy (non-hydrogen) atoms. The van der Waals surface area contributed by atoms with Gasteiger partial charge in [0.25, 0.3) is 0 Å². The van der Waals surface area contributed by atoms with E-state index in [4.69, 9.17) is 5.73 Å². The minimum atomic E-state index is 0.642. The molecule has 84 valence electrons. The molecule has 2 heteroatoms. The van der Waals surface area contributed by atoms with Crippen LogP contribution < -0.4 is 5.73 Å². The first kappa shape index (κ1) is 12.0. The van der Waals surface area contributed by atoms with Crippen LogP contribution in [0.25, 0.3) is 0 Å². The van der Waals surface area contributed by atoms with Crippen LogP contribution in [0.1, 0.15) is 46.5 Å². The third-order valence-electron chi connectivity index (χ3n) is 3.88. The van der Waals surface area contributed by atoms with Crippen LogP contribution in [0.4, 0.5) is 0 Å². The second-order valence-corrected chi connectivity index (χ2v) is 4.58. The lowest BCUT2D eigenvalue weighted by molar-refractivity contribution is 0.0718. The van der Waals surface area contributed by atoms with Crippen LogP contribution in [-0.4, -0.2) is 30.1 Å². The Balaban J connectivity index is 2.53. The highest BCUT2D eigenvalue weighted by molar-refractivity contribution is 4.87. The number of hydrogen-bond acceptors (Lipinski definition) is 2. The summed E-state index contributed by atoms with van der Waals surface area (Å²) in [5.74, 6) is 0.883. The molecule has 1 aliphatic carbocycles. The van der Waals surface area contributed by atoms with E-state index in [0.29, 0.717) is 12.1 Å². The summed E-state index contributed by atoms with van der Waals surface area (Å²) in [7, 11) is 0. The van der Waals surface area contributed by atoms with Gasteiger partial charge in [0.05, 0.1) is 0 Å². The van der Waals surface area contributed by atoms with E-state index >= 15 is 0 Å². The van der Waals surface area contributed by atoms with Crippen LogP contribution in [0.2, 0.25) is 0 Å². The maximum absolute atomic E-state index is 5.91. The van der Waals surface area contributed by atoms with Gasteiger partial charge in [0.1, 0.15) is 0 Å². The molecule has 0 aliphatic heterocycles. The Bertz CT molecular complexity index is 144. The van der Waals surface area contributed by atoms with Crippen LogP contribution in [0.15, 0.2) is 0 Å². The molecule has 2 nitrogen and oxygen atoms in total. The Labute approximate surface area is 88.8 Å². The molecule has 0 saturated heterocycles. The number of hydrogen-bond donors (Lipinski definition) is 1. The first-order valence-electron chi connectivity index (χ1n) is 6.20. The average Bonchev–Trinajstić information content (AvgIpc) is 2.13. The van der Waals surface area contributed by atoms with E-state index in [1.165, 1.54) is 25.7 Å². The zero-order valence-electron chi connectivity index (χ0n) is 10.00. The van der Waals surface area contributed by atoms with Gasteiger partial charge in [-0.2, -0.15) is 0 Å². The number of rotatable bonds is 6. The van der Waals surface area contributed by atoms with E-state index in [-0.39, 0.29) is 0 Å². The molecule has 0 aromatic carbocycles. The Hall–Kier alpha value is -0.0800. The largest absolute Gasteiger partial charge is 0.329 e. The topological polar surface area (TPSA) is 29.3 Å². The summed E-state index contributed by atoms with van der Waals surface area (Å²) in [5, 5.41) is 0. The summed E-state index contributed by atoms with van der Waals surface area (Å²) >= 11 is 0. The van der Waals surface area contributed by atoms with Crippen LogP contribution >= 0.6 is 0 Å². The van der Waals surface area contributed by atoms with Crippen molar-refractivity contribution >= 4 is 0 Å². The molecule has 2 unspecified atom stereocenters. The predicted molar refractivity (Wildman–Crippen MR) is 62.3 cm³/mol. The fourth-order valence-corrected chi connectivity index (χ4v) is 2.53. The van der Waals surface area contributed by atoms with Gasteiger partial charge in [-0.15, -0.1) is 0 Å². The first-order valence-corrected chi connectivity index (χ1v) is 6.20. The zero-order valence-corrected chi connectivity index (χ0v) is 10.00. The Kier molecular flexibility index (Phi) is 4.90. The quantitative estimate of drug-likeness (QED) is 0.709. The second-order valence-electron chi connectivity index (χ2n) is 4.58. The van der Waals surface area contributed by atoms with Crippen molar-refractivity contribution in [2.45, 2.75) is 58.5 Å². The fraction of sp³-hybridized carbons (Fsp3) is 1.00. The van der Waals surface area contributed by atoms with Gasteiger partial charge in [-0.05, 0) is 38.6 Å². The summed E-state index contributed by atoms with van der Waals surface area (Å²) in [6.45, 7) is 8.83. The summed E-state index contributed by atoms with van der Waals surface area (Å²) in [6, 6.07) is 1.33. The molecule has 0 aromatic rings. The number of likely N-dealkylation sites (N-methyl/N-ethyl adjacent to an activating group) is 1. The van der Waals surface area contributed by atoms with Crippen molar-refractivity contribution in [3.63, 3.8) is 0 Å². The van der Waals surface area contributed by atoms with Crippen molar-refractivity contribution in [1.29, 1.82) is 0 Å². The van der Waals surface area contributed by atoms with Crippen molar-refractivity contribution in [3.8, 4) is 0 Å². The highest BCUT2D eigenvalue weighted by Gasteiger charge is 2.31. The van der Waals surface area contributed by atoms with Crippen molar-refractivity contribution in [2.75, 3.05) is 13.1 Å². The molecule has 0 spiro atoms. The van der Waals surface area contributed by atoms with Crippen molar-refractivity contribution in [3.05, 3.63) is 0 Å². The second kappa shape index (κ2) is 5.72. The summed E-state index contributed by atoms with van der Waals surface area (Å²) in [6.07, 6.45) is 5.44. The van der Waals surface area contributed by atoms with E-state index in [0.717, 1.165) is 19.0 Å². The van der Waals surface area contributed by atoms with E-state index in [2.05, 4.69) is 25.7 Å². The SMILES string of the molecule is CCC(C)N(CC)C(CN)C1CCC1. The molecule has 0 amide bonds. The van der Waals surface area contributed by atoms with Crippen molar-refractivity contribution < 1.29 is 0 Å². The van der Waals surface area contributed by atoms with Gasteiger partial charge in [0.15, 0.2) is 0 Å². The molecule has 1 aliphatic rings. The van der Waals surface area contributed by atoms with Crippen LogP contribution in [0.5, 0.6) is 0 Å². The highest BCUT2D eigenvalue weighted by atomic mass is 15.2. The Morgan fingerprint density at radius 3 is 2.29 bits per heavy atom. The molecule has 0 bridgehead atoms. The molecule has 0 aromatic heterocycles. The van der Waals surface area contributed by atoms with Gasteiger partial charge in [0, 0.05) is 18.6 Å². The number of nitrogens with two attached hydrogens (primary N) is 1. The minimum absolute atomic E-state index is 0.642. The van der Waals surface area contributed by atoms with Gasteiger partial charge >= 0.3 is 0 Å². The molecular formula is C12H26N2. The lowest BCUT2D eigenvalue weighted by Gasteiger charge is -2.43. The molecular weight excluding hydrogens is 172 g/mol. The van der Waals surface area contributed by atoms with Gasteiger partial charge in [-0.3, -0.25) is 4.90 Å². The van der Waals surface area contributed by atoms with Crippen LogP contribution in [0.3, 0.4) is 0 Å². The van der Waals surface area contributed by atoms with Gasteiger partial charge in [-0.25, -0.2) is 0 Å². The zero-order chi connectivity index (χ0) is 10.6. The summed E-state index contributed by atoms with van der Waals surface area (Å²) in [4.78, 5) is 2.60. The molecule has 1 fully saturated rings. The van der Waals surface area contributed by atoms with Crippen LogP contribution in [-0.2, 0) is 0 Å². The smallest absolute Gasteiger partial charge is 0.0249 e. The molecule has 1 rings (SSSR count). The Morgan fingerprint density at radius 2 is 2.00 bits per heavy atom. The summed E-state index contributed by atoms with van der Waals surface area (Å²) < 4.78 is 0. The standard InChI is InChI=1S/C12H26N2/c1-4-10(3)14(5-2)12(9-13)11-7-6-8-11/h10-12H,4-9,13H2,1-3H3. The van der Waals surface area contributed by atoms with Crippen molar-refractivity contribution in [2.24, 2.45) is 11.7 Å². The average molecular weight is 198 g/mol. The van der Waals surface area contributed by atoms with E-state index in [9.17, 15) is 0 Å². The van der Waals surface area contributed by atoms with Gasteiger partial charge in [-0.1, -0.05) is 20.3 Å². The maximum Gasteiger partial charge on any atom is 0.0249 e. The third kappa shape index (κ3) is 2.48. The number of nitrogens with zero attached hydrogens (tertiary/aromatic N) is 1. The molecule has 2 N–H and O–H groups in total. The lowest BCUT2D eigenvalue weighted by atomic mass is 9.78. The van der Waals surface area contributed by atoms with E-state index in [1.54, 1.807) is 0 Å². The minimum Gasteiger partial charge on any atom is -0.329 e. The Morgan fingerprint density at radius 1 is 1.36 bits per heavy atom. The molecule has 0 heterocycles. The van der Waals surface area contributed by atoms with Crippen molar-refractivity contribution in [1.82, 2.24) is 4.90 Å². The third-order valence-corrected chi connectivity index (χ3v) is 3.88. The van der Waals surface area contributed by atoms with Gasteiger partial charge in [0.2, 0.25) is 0 Å². The maximum atomic E-state index is 5.91. The normalized spacial score (nSPS) is 22.1. The van der Waals surface area contributed by atoms with Gasteiger partial charge < -0.3 is 5.73 Å².